The van der Waals surface area contributed by atoms with Gasteiger partial charge in [-0.2, -0.15) is 0 Å². The molecule has 0 bridgehead atoms. The zero-order valence-corrected chi connectivity index (χ0v) is 9.01. The van der Waals surface area contributed by atoms with E-state index in [2.05, 4.69) is 9.97 Å². The maximum absolute atomic E-state index is 11.0. The van der Waals surface area contributed by atoms with Gasteiger partial charge in [-0.15, -0.1) is 0 Å². The molecule has 0 aliphatic rings. The Kier molecular flexibility index (Phi) is 2.75. The number of halogens is 2. The van der Waals surface area contributed by atoms with Gasteiger partial charge in [-0.1, -0.05) is 23.2 Å². The van der Waals surface area contributed by atoms with Crippen LogP contribution < -0.4 is 5.69 Å². The molecule has 1 aromatic heterocycles. The highest BCUT2D eigenvalue weighted by molar-refractivity contribution is 6.36. The molecule has 2 aromatic rings. The van der Waals surface area contributed by atoms with E-state index in [1.54, 1.807) is 24.3 Å². The first kappa shape index (κ1) is 10.2. The van der Waals surface area contributed by atoms with Crippen molar-refractivity contribution in [1.29, 1.82) is 0 Å². The average Bonchev–Trinajstić information content (AvgIpc) is 2.17. The Bertz CT molecular complexity index is 551. The van der Waals surface area contributed by atoms with Crippen LogP contribution in [0, 0.1) is 0 Å². The largest absolute Gasteiger partial charge is 0.345 e. The molecule has 3 nitrogen and oxygen atoms in total. The summed E-state index contributed by atoms with van der Waals surface area (Å²) in [4.78, 5) is 17.1. The van der Waals surface area contributed by atoms with Gasteiger partial charge in [0, 0.05) is 16.8 Å². The second-order valence-electron chi connectivity index (χ2n) is 2.91. The molecule has 76 valence electrons. The van der Waals surface area contributed by atoms with Crippen molar-refractivity contribution in [2.75, 3.05) is 0 Å². The quantitative estimate of drug-likeness (QED) is 0.834. The molecule has 0 unspecified atom stereocenters. The highest BCUT2D eigenvalue weighted by Gasteiger charge is 2.04. The monoisotopic (exact) mass is 240 g/mol. The molecular formula is C10H6Cl2N2O. The summed E-state index contributed by atoms with van der Waals surface area (Å²) in [6, 6.07) is 6.76. The maximum Gasteiger partial charge on any atom is 0.345 e. The first-order valence-corrected chi connectivity index (χ1v) is 4.93. The lowest BCUT2D eigenvalue weighted by Crippen LogP contribution is -2.09. The van der Waals surface area contributed by atoms with Crippen LogP contribution in [0.1, 0.15) is 0 Å². The van der Waals surface area contributed by atoms with Gasteiger partial charge in [0.25, 0.3) is 0 Å². The van der Waals surface area contributed by atoms with E-state index < -0.39 is 5.69 Å². The van der Waals surface area contributed by atoms with Crippen molar-refractivity contribution in [2.45, 2.75) is 0 Å². The fourth-order valence-corrected chi connectivity index (χ4v) is 1.74. The zero-order valence-electron chi connectivity index (χ0n) is 7.50. The molecule has 0 saturated carbocycles. The van der Waals surface area contributed by atoms with Crippen molar-refractivity contribution in [3.05, 3.63) is 51.0 Å². The van der Waals surface area contributed by atoms with Gasteiger partial charge in [-0.05, 0) is 24.3 Å². The minimum Gasteiger partial charge on any atom is -0.305 e. The summed E-state index contributed by atoms with van der Waals surface area (Å²) in [5.74, 6) is 0. The van der Waals surface area contributed by atoms with E-state index in [0.29, 0.717) is 15.7 Å². The fraction of sp³-hybridized carbons (Fsp3) is 0. The van der Waals surface area contributed by atoms with Crippen LogP contribution in [0.15, 0.2) is 35.3 Å². The summed E-state index contributed by atoms with van der Waals surface area (Å²) in [6.07, 6.45) is 1.43. The third kappa shape index (κ3) is 2.19. The molecule has 0 saturated heterocycles. The van der Waals surface area contributed by atoms with Crippen LogP contribution >= 0.6 is 23.2 Å². The lowest BCUT2D eigenvalue weighted by Gasteiger charge is -2.03. The number of aromatic amines is 1. The molecule has 0 aliphatic heterocycles. The van der Waals surface area contributed by atoms with Crippen LogP contribution in [0.25, 0.3) is 11.3 Å². The SMILES string of the molecule is O=c1nccc(-c2ccc(Cl)cc2Cl)[nH]1. The Morgan fingerprint density at radius 2 is 2.00 bits per heavy atom. The number of nitrogens with zero attached hydrogens (tertiary/aromatic N) is 1. The van der Waals surface area contributed by atoms with Crippen molar-refractivity contribution in [3.8, 4) is 11.3 Å². The molecule has 2 rings (SSSR count). The molecule has 1 heterocycles. The van der Waals surface area contributed by atoms with Gasteiger partial charge in [-0.25, -0.2) is 9.78 Å². The fourth-order valence-electron chi connectivity index (χ4n) is 1.23. The topological polar surface area (TPSA) is 45.8 Å². The Morgan fingerprint density at radius 1 is 1.20 bits per heavy atom. The number of H-pyrrole nitrogens is 1. The second kappa shape index (κ2) is 4.04. The van der Waals surface area contributed by atoms with E-state index in [-0.39, 0.29) is 0 Å². The molecule has 5 heteroatoms. The number of aromatic nitrogens is 2. The molecule has 0 amide bonds. The number of rotatable bonds is 1. The van der Waals surface area contributed by atoms with Gasteiger partial charge in [0.05, 0.1) is 10.7 Å². The van der Waals surface area contributed by atoms with Crippen LogP contribution in [-0.4, -0.2) is 9.97 Å². The lowest BCUT2D eigenvalue weighted by atomic mass is 10.1. The summed E-state index contributed by atoms with van der Waals surface area (Å²) < 4.78 is 0. The van der Waals surface area contributed by atoms with E-state index in [0.717, 1.165) is 5.56 Å². The van der Waals surface area contributed by atoms with E-state index in [9.17, 15) is 4.79 Å². The molecule has 1 N–H and O–H groups in total. The number of benzene rings is 1. The molecule has 0 atom stereocenters. The van der Waals surface area contributed by atoms with Gasteiger partial charge in [0.2, 0.25) is 0 Å². The van der Waals surface area contributed by atoms with Crippen LogP contribution in [0.3, 0.4) is 0 Å². The van der Waals surface area contributed by atoms with E-state index >= 15 is 0 Å². The highest BCUT2D eigenvalue weighted by Crippen LogP contribution is 2.28. The minimum atomic E-state index is -0.404. The third-order valence-electron chi connectivity index (χ3n) is 1.90. The van der Waals surface area contributed by atoms with Crippen molar-refractivity contribution in [3.63, 3.8) is 0 Å². The first-order valence-electron chi connectivity index (χ1n) is 4.17. The van der Waals surface area contributed by atoms with Gasteiger partial charge in [-0.3, -0.25) is 0 Å². The molecule has 0 aliphatic carbocycles. The number of nitrogens with one attached hydrogen (secondary N) is 1. The van der Waals surface area contributed by atoms with E-state index in [4.69, 9.17) is 23.2 Å². The number of hydrogen-bond acceptors (Lipinski definition) is 2. The standard InChI is InChI=1S/C10H6Cl2N2O/c11-6-1-2-7(8(12)5-6)9-3-4-13-10(15)14-9/h1-5H,(H,13,14,15). The lowest BCUT2D eigenvalue weighted by molar-refractivity contribution is 1.08. The average molecular weight is 241 g/mol. The molecule has 0 radical (unpaired) electrons. The summed E-state index contributed by atoms with van der Waals surface area (Å²) >= 11 is 11.8. The molecule has 0 spiro atoms. The highest BCUT2D eigenvalue weighted by atomic mass is 35.5. The summed E-state index contributed by atoms with van der Waals surface area (Å²) in [7, 11) is 0. The smallest absolute Gasteiger partial charge is 0.305 e. The predicted molar refractivity (Wildman–Crippen MR) is 60.3 cm³/mol. The van der Waals surface area contributed by atoms with Crippen LogP contribution in [0.5, 0.6) is 0 Å². The van der Waals surface area contributed by atoms with Gasteiger partial charge >= 0.3 is 5.69 Å². The Labute approximate surface area is 95.7 Å². The Morgan fingerprint density at radius 3 is 2.67 bits per heavy atom. The number of hydrogen-bond donors (Lipinski definition) is 1. The minimum absolute atomic E-state index is 0.404. The summed E-state index contributed by atoms with van der Waals surface area (Å²) in [5.41, 5.74) is 0.941. The van der Waals surface area contributed by atoms with Crippen LogP contribution in [0.2, 0.25) is 10.0 Å². The molecule has 1 aromatic carbocycles. The second-order valence-corrected chi connectivity index (χ2v) is 3.76. The van der Waals surface area contributed by atoms with Gasteiger partial charge in [0.1, 0.15) is 0 Å². The van der Waals surface area contributed by atoms with E-state index in [1.165, 1.54) is 6.20 Å². The normalized spacial score (nSPS) is 10.3. The van der Waals surface area contributed by atoms with Gasteiger partial charge in [0.15, 0.2) is 0 Å². The molecule has 0 fully saturated rings. The molecular weight excluding hydrogens is 235 g/mol. The predicted octanol–water partition coefficient (Wildman–Crippen LogP) is 2.74. The van der Waals surface area contributed by atoms with Gasteiger partial charge < -0.3 is 4.98 Å². The molecule has 15 heavy (non-hydrogen) atoms. The van der Waals surface area contributed by atoms with Crippen molar-refractivity contribution in [2.24, 2.45) is 0 Å². The third-order valence-corrected chi connectivity index (χ3v) is 2.44. The first-order chi connectivity index (χ1) is 7.16. The Balaban J connectivity index is 2.59. The zero-order chi connectivity index (χ0) is 10.8. The van der Waals surface area contributed by atoms with Crippen molar-refractivity contribution in [1.82, 2.24) is 9.97 Å². The van der Waals surface area contributed by atoms with Crippen LogP contribution in [0.4, 0.5) is 0 Å². The van der Waals surface area contributed by atoms with Crippen molar-refractivity contribution >= 4 is 23.2 Å². The van der Waals surface area contributed by atoms with Crippen LogP contribution in [-0.2, 0) is 0 Å². The summed E-state index contributed by atoms with van der Waals surface area (Å²) in [5, 5.41) is 1.05. The Hall–Kier alpha value is -1.32. The van der Waals surface area contributed by atoms with E-state index in [1.807, 2.05) is 0 Å². The maximum atomic E-state index is 11.0. The van der Waals surface area contributed by atoms with Crippen molar-refractivity contribution < 1.29 is 0 Å². The summed E-state index contributed by atoms with van der Waals surface area (Å²) in [6.45, 7) is 0.